The third-order valence-corrected chi connectivity index (χ3v) is 5.62. The van der Waals surface area contributed by atoms with Crippen LogP contribution in [0.2, 0.25) is 0 Å². The van der Waals surface area contributed by atoms with Crippen molar-refractivity contribution in [1.29, 1.82) is 0 Å². The first kappa shape index (κ1) is 24.0. The Morgan fingerprint density at radius 3 is 2.58 bits per heavy atom. The van der Waals surface area contributed by atoms with Gasteiger partial charge in [-0.2, -0.15) is 0 Å². The Morgan fingerprint density at radius 2 is 1.82 bits per heavy atom. The van der Waals surface area contributed by atoms with Gasteiger partial charge in [-0.25, -0.2) is 4.79 Å². The van der Waals surface area contributed by atoms with Crippen LogP contribution in [-0.4, -0.2) is 44.9 Å². The number of esters is 1. The molecule has 2 N–H and O–H groups in total. The van der Waals surface area contributed by atoms with Gasteiger partial charge in [-0.3, -0.25) is 9.59 Å². The minimum atomic E-state index is -0.441. The van der Waals surface area contributed by atoms with E-state index in [1.54, 1.807) is 48.9 Å². The molecule has 33 heavy (non-hydrogen) atoms. The van der Waals surface area contributed by atoms with Crippen molar-refractivity contribution in [3.63, 3.8) is 0 Å². The number of hydrogen-bond donors (Lipinski definition) is 2. The zero-order valence-corrected chi connectivity index (χ0v) is 19.4. The predicted molar refractivity (Wildman–Crippen MR) is 125 cm³/mol. The summed E-state index contributed by atoms with van der Waals surface area (Å²) < 4.78 is 6.71. The highest BCUT2D eigenvalue weighted by Gasteiger charge is 2.14. The first-order valence-corrected chi connectivity index (χ1v) is 11.3. The molecule has 10 heteroatoms. The summed E-state index contributed by atoms with van der Waals surface area (Å²) in [5.41, 5.74) is 2.46. The van der Waals surface area contributed by atoms with E-state index in [1.807, 2.05) is 25.1 Å². The van der Waals surface area contributed by atoms with E-state index in [1.165, 1.54) is 11.8 Å². The molecule has 0 atom stereocenters. The minimum Gasteiger partial charge on any atom is -0.462 e. The predicted octanol–water partition coefficient (Wildman–Crippen LogP) is 2.96. The Morgan fingerprint density at radius 1 is 1.06 bits per heavy atom. The first-order valence-electron chi connectivity index (χ1n) is 10.3. The number of aryl methyl sites for hydroxylation is 1. The van der Waals surface area contributed by atoms with Crippen LogP contribution in [0.5, 0.6) is 0 Å². The van der Waals surface area contributed by atoms with Crippen molar-refractivity contribution < 1.29 is 19.1 Å². The van der Waals surface area contributed by atoms with Crippen LogP contribution >= 0.6 is 11.8 Å². The van der Waals surface area contributed by atoms with E-state index in [9.17, 15) is 14.4 Å². The molecule has 3 aromatic rings. The number of benzene rings is 2. The monoisotopic (exact) mass is 467 g/mol. The highest BCUT2D eigenvalue weighted by Crippen LogP contribution is 2.17. The van der Waals surface area contributed by atoms with Crippen molar-refractivity contribution >= 4 is 35.2 Å². The molecular formula is C23H25N5O4S. The first-order chi connectivity index (χ1) is 15.9. The van der Waals surface area contributed by atoms with Crippen molar-refractivity contribution in [3.05, 3.63) is 71.0 Å². The summed E-state index contributed by atoms with van der Waals surface area (Å²) in [5, 5.41) is 14.3. The standard InChI is InChI=1S/C23H25N5O4S/c1-4-32-22(31)17-9-6-10-18(12-17)25-20(29)14-33-23-27-26-19(28(23)3)13-24-21(30)16-8-5-7-15(2)11-16/h5-12H,4,13-14H2,1-3H3,(H,24,30)(H,25,29). The van der Waals surface area contributed by atoms with E-state index in [0.29, 0.717) is 27.8 Å². The summed E-state index contributed by atoms with van der Waals surface area (Å²) in [6.45, 7) is 4.15. The fourth-order valence-corrected chi connectivity index (χ4v) is 3.67. The summed E-state index contributed by atoms with van der Waals surface area (Å²) in [7, 11) is 1.78. The van der Waals surface area contributed by atoms with Crippen LogP contribution in [0.15, 0.2) is 53.7 Å². The van der Waals surface area contributed by atoms with Crippen LogP contribution < -0.4 is 10.6 Å². The number of nitrogens with zero attached hydrogens (tertiary/aromatic N) is 3. The SMILES string of the molecule is CCOC(=O)c1cccc(NC(=O)CSc2nnc(CNC(=O)c3cccc(C)c3)n2C)c1. The topological polar surface area (TPSA) is 115 Å². The van der Waals surface area contributed by atoms with Crippen molar-refractivity contribution in [2.24, 2.45) is 7.05 Å². The Balaban J connectivity index is 1.52. The van der Waals surface area contributed by atoms with Crippen LogP contribution in [-0.2, 0) is 23.1 Å². The summed E-state index contributed by atoms with van der Waals surface area (Å²) >= 11 is 1.22. The molecule has 1 heterocycles. The maximum Gasteiger partial charge on any atom is 0.338 e. The molecule has 172 valence electrons. The van der Waals surface area contributed by atoms with Crippen molar-refractivity contribution in [2.75, 3.05) is 17.7 Å². The van der Waals surface area contributed by atoms with Gasteiger partial charge in [-0.1, -0.05) is 35.5 Å². The molecular weight excluding hydrogens is 442 g/mol. The van der Waals surface area contributed by atoms with Crippen LogP contribution in [0.25, 0.3) is 0 Å². The van der Waals surface area contributed by atoms with Crippen LogP contribution in [0.1, 0.15) is 39.0 Å². The summed E-state index contributed by atoms with van der Waals surface area (Å²) in [4.78, 5) is 36.5. The molecule has 0 aliphatic heterocycles. The molecule has 2 aromatic carbocycles. The number of rotatable bonds is 9. The van der Waals surface area contributed by atoms with E-state index in [2.05, 4.69) is 20.8 Å². The maximum absolute atomic E-state index is 12.3. The fourth-order valence-electron chi connectivity index (χ4n) is 2.94. The number of thioether (sulfide) groups is 1. The number of amides is 2. The van der Waals surface area contributed by atoms with Crippen molar-refractivity contribution in [1.82, 2.24) is 20.1 Å². The lowest BCUT2D eigenvalue weighted by atomic mass is 10.1. The van der Waals surface area contributed by atoms with Crippen LogP contribution in [0.4, 0.5) is 5.69 Å². The highest BCUT2D eigenvalue weighted by atomic mass is 32.2. The van der Waals surface area contributed by atoms with E-state index in [4.69, 9.17) is 4.74 Å². The number of nitrogens with one attached hydrogen (secondary N) is 2. The number of anilines is 1. The van der Waals surface area contributed by atoms with Crippen LogP contribution in [0, 0.1) is 6.92 Å². The number of aromatic nitrogens is 3. The molecule has 0 radical (unpaired) electrons. The van der Waals surface area contributed by atoms with Gasteiger partial charge in [0.25, 0.3) is 5.91 Å². The van der Waals surface area contributed by atoms with Gasteiger partial charge in [-0.15, -0.1) is 10.2 Å². The molecule has 0 saturated heterocycles. The molecule has 3 rings (SSSR count). The van der Waals surface area contributed by atoms with Gasteiger partial charge in [0.2, 0.25) is 5.91 Å². The normalized spacial score (nSPS) is 10.5. The molecule has 0 aliphatic rings. The van der Waals surface area contributed by atoms with Crippen molar-refractivity contribution in [2.45, 2.75) is 25.5 Å². The zero-order valence-electron chi connectivity index (χ0n) is 18.6. The lowest BCUT2D eigenvalue weighted by molar-refractivity contribution is -0.113. The van der Waals surface area contributed by atoms with E-state index in [-0.39, 0.29) is 30.7 Å². The number of carbonyl (C=O) groups excluding carboxylic acids is 3. The van der Waals surface area contributed by atoms with Gasteiger partial charge in [0, 0.05) is 18.3 Å². The molecule has 0 spiro atoms. The third-order valence-electron chi connectivity index (χ3n) is 4.60. The Kier molecular flexibility index (Phi) is 8.20. The lowest BCUT2D eigenvalue weighted by Crippen LogP contribution is -2.24. The van der Waals surface area contributed by atoms with Gasteiger partial charge in [0.05, 0.1) is 24.5 Å². The number of carbonyl (C=O) groups is 3. The molecule has 0 aliphatic carbocycles. The Bertz CT molecular complexity index is 1160. The Hall–Kier alpha value is -3.66. The molecule has 0 fully saturated rings. The second-order valence-electron chi connectivity index (χ2n) is 7.15. The molecule has 0 saturated carbocycles. The maximum atomic E-state index is 12.3. The van der Waals surface area contributed by atoms with E-state index in [0.717, 1.165) is 5.56 Å². The Labute approximate surface area is 195 Å². The quantitative estimate of drug-likeness (QED) is 0.367. The molecule has 9 nitrogen and oxygen atoms in total. The van der Waals surface area contributed by atoms with E-state index >= 15 is 0 Å². The zero-order chi connectivity index (χ0) is 23.8. The molecule has 1 aromatic heterocycles. The molecule has 2 amide bonds. The largest absolute Gasteiger partial charge is 0.462 e. The van der Waals surface area contributed by atoms with Crippen molar-refractivity contribution in [3.8, 4) is 0 Å². The second kappa shape index (κ2) is 11.3. The summed E-state index contributed by atoms with van der Waals surface area (Å²) in [6, 6.07) is 13.9. The summed E-state index contributed by atoms with van der Waals surface area (Å²) in [6.07, 6.45) is 0. The second-order valence-corrected chi connectivity index (χ2v) is 8.09. The molecule has 0 bridgehead atoms. The van der Waals surface area contributed by atoms with Gasteiger partial charge >= 0.3 is 5.97 Å². The van der Waals surface area contributed by atoms with Gasteiger partial charge in [0.1, 0.15) is 0 Å². The van der Waals surface area contributed by atoms with Crippen LogP contribution in [0.3, 0.4) is 0 Å². The highest BCUT2D eigenvalue weighted by molar-refractivity contribution is 7.99. The smallest absolute Gasteiger partial charge is 0.338 e. The molecule has 0 unspecified atom stereocenters. The lowest BCUT2D eigenvalue weighted by Gasteiger charge is -2.08. The number of hydrogen-bond acceptors (Lipinski definition) is 7. The van der Waals surface area contributed by atoms with Gasteiger partial charge in [-0.05, 0) is 44.2 Å². The van der Waals surface area contributed by atoms with E-state index < -0.39 is 5.97 Å². The third kappa shape index (κ3) is 6.66. The van der Waals surface area contributed by atoms with Gasteiger partial charge < -0.3 is 19.9 Å². The summed E-state index contributed by atoms with van der Waals surface area (Å²) in [5.74, 6) is -0.214. The average Bonchev–Trinajstić information content (AvgIpc) is 3.15. The van der Waals surface area contributed by atoms with Gasteiger partial charge in [0.15, 0.2) is 11.0 Å². The average molecular weight is 468 g/mol. The fraction of sp³-hybridized carbons (Fsp3) is 0.261. The number of ether oxygens (including phenoxy) is 1. The minimum absolute atomic E-state index is 0.102.